The Morgan fingerprint density at radius 2 is 2.39 bits per heavy atom. The van der Waals surface area contributed by atoms with Crippen molar-refractivity contribution in [2.45, 2.75) is 13.0 Å². The normalized spacial score (nSPS) is 19.9. The van der Waals surface area contributed by atoms with Crippen molar-refractivity contribution >= 4 is 5.91 Å². The monoisotopic (exact) mass is 249 g/mol. The molecule has 1 aliphatic heterocycles. The Morgan fingerprint density at radius 1 is 1.61 bits per heavy atom. The summed E-state index contributed by atoms with van der Waals surface area (Å²) in [7, 11) is 0. The molecule has 0 saturated carbocycles. The molecule has 1 amide bonds. The summed E-state index contributed by atoms with van der Waals surface area (Å²) in [5.74, 6) is 0.171. The minimum atomic E-state index is -0.00977. The van der Waals surface area contributed by atoms with Gasteiger partial charge in [0.25, 0.3) is 5.91 Å². The van der Waals surface area contributed by atoms with Gasteiger partial charge in [-0.2, -0.15) is 0 Å². The number of amides is 1. The lowest BCUT2D eigenvalue weighted by atomic mass is 10.1. The molecule has 18 heavy (non-hydrogen) atoms. The van der Waals surface area contributed by atoms with Crippen LogP contribution in [0.5, 0.6) is 5.75 Å². The molecule has 0 aliphatic carbocycles. The van der Waals surface area contributed by atoms with Gasteiger partial charge in [0.15, 0.2) is 0 Å². The molecule has 98 valence electrons. The molecule has 1 aliphatic rings. The topological polar surface area (TPSA) is 78.6 Å². The van der Waals surface area contributed by atoms with E-state index in [0.29, 0.717) is 18.7 Å². The largest absolute Gasteiger partial charge is 0.508 e. The highest BCUT2D eigenvalue weighted by Crippen LogP contribution is 2.18. The van der Waals surface area contributed by atoms with Crippen LogP contribution in [0.2, 0.25) is 0 Å². The van der Waals surface area contributed by atoms with Crippen LogP contribution in [0.4, 0.5) is 0 Å². The van der Waals surface area contributed by atoms with Crippen LogP contribution in [0.1, 0.15) is 15.9 Å². The highest BCUT2D eigenvalue weighted by atomic mass is 16.3. The van der Waals surface area contributed by atoms with Gasteiger partial charge in [0.1, 0.15) is 5.75 Å². The van der Waals surface area contributed by atoms with Crippen LogP contribution >= 0.6 is 0 Å². The molecular formula is C13H19N3O2. The number of nitrogens with zero attached hydrogens (tertiary/aromatic N) is 1. The summed E-state index contributed by atoms with van der Waals surface area (Å²) in [6, 6.07) is 4.86. The van der Waals surface area contributed by atoms with Gasteiger partial charge in [-0.15, -0.1) is 0 Å². The average Bonchev–Trinajstić information content (AvgIpc) is 2.38. The van der Waals surface area contributed by atoms with Gasteiger partial charge in [-0.1, -0.05) is 0 Å². The van der Waals surface area contributed by atoms with E-state index in [2.05, 4.69) is 5.32 Å². The van der Waals surface area contributed by atoms with Crippen molar-refractivity contribution in [3.8, 4) is 5.75 Å². The summed E-state index contributed by atoms with van der Waals surface area (Å²) in [5.41, 5.74) is 7.12. The van der Waals surface area contributed by atoms with Crippen molar-refractivity contribution in [2.24, 2.45) is 5.73 Å². The Kier molecular flexibility index (Phi) is 3.84. The second kappa shape index (κ2) is 5.37. The molecule has 4 N–H and O–H groups in total. The molecule has 0 spiro atoms. The molecule has 5 heteroatoms. The fraction of sp³-hybridized carbons (Fsp3) is 0.462. The Balaban J connectivity index is 2.24. The number of phenols is 1. The number of aromatic hydroxyl groups is 1. The number of nitrogens with two attached hydrogens (primary N) is 1. The first-order chi connectivity index (χ1) is 8.63. The van der Waals surface area contributed by atoms with E-state index in [9.17, 15) is 9.90 Å². The molecule has 1 heterocycles. The van der Waals surface area contributed by atoms with E-state index >= 15 is 0 Å². The second-order valence-corrected chi connectivity index (χ2v) is 4.59. The standard InChI is InChI=1S/C13H19N3O2/c1-9-6-11(17)2-3-12(9)13(18)16-5-4-15-8-10(16)7-14/h2-3,6,10,15,17H,4-5,7-8,14H2,1H3. The van der Waals surface area contributed by atoms with Gasteiger partial charge in [0.2, 0.25) is 0 Å². The summed E-state index contributed by atoms with van der Waals surface area (Å²) < 4.78 is 0. The van der Waals surface area contributed by atoms with Crippen molar-refractivity contribution in [1.82, 2.24) is 10.2 Å². The molecule has 2 rings (SSSR count). The molecular weight excluding hydrogens is 230 g/mol. The molecule has 1 aromatic rings. The van der Waals surface area contributed by atoms with E-state index in [1.807, 2.05) is 11.8 Å². The van der Waals surface area contributed by atoms with Crippen molar-refractivity contribution in [2.75, 3.05) is 26.2 Å². The Bertz CT molecular complexity index is 448. The summed E-state index contributed by atoms with van der Waals surface area (Å²) >= 11 is 0. The van der Waals surface area contributed by atoms with Crippen LogP contribution in [0, 0.1) is 6.92 Å². The molecule has 1 atom stereocenters. The minimum absolute atomic E-state index is 0.00977. The number of piperazine rings is 1. The van der Waals surface area contributed by atoms with Gasteiger partial charge >= 0.3 is 0 Å². The molecule has 1 saturated heterocycles. The fourth-order valence-corrected chi connectivity index (χ4v) is 2.28. The minimum Gasteiger partial charge on any atom is -0.508 e. The van der Waals surface area contributed by atoms with Crippen molar-refractivity contribution in [1.29, 1.82) is 0 Å². The van der Waals surface area contributed by atoms with Gasteiger partial charge in [-0.05, 0) is 30.7 Å². The first-order valence-corrected chi connectivity index (χ1v) is 6.15. The summed E-state index contributed by atoms with van der Waals surface area (Å²) in [6.45, 7) is 4.47. The van der Waals surface area contributed by atoms with E-state index in [0.717, 1.165) is 18.7 Å². The number of phenolic OH excluding ortho intramolecular Hbond substituents is 1. The summed E-state index contributed by atoms with van der Waals surface area (Å²) in [5, 5.41) is 12.6. The van der Waals surface area contributed by atoms with Gasteiger partial charge < -0.3 is 21.1 Å². The number of hydrogen-bond donors (Lipinski definition) is 3. The maximum absolute atomic E-state index is 12.5. The lowest BCUT2D eigenvalue weighted by molar-refractivity contribution is 0.0644. The van der Waals surface area contributed by atoms with E-state index in [4.69, 9.17) is 5.73 Å². The predicted molar refractivity (Wildman–Crippen MR) is 69.6 cm³/mol. The Morgan fingerprint density at radius 3 is 3.06 bits per heavy atom. The van der Waals surface area contributed by atoms with Gasteiger partial charge in [-0.3, -0.25) is 4.79 Å². The Labute approximate surface area is 107 Å². The fourth-order valence-electron chi connectivity index (χ4n) is 2.28. The molecule has 1 aromatic carbocycles. The number of carbonyl (C=O) groups is 1. The number of rotatable bonds is 2. The SMILES string of the molecule is Cc1cc(O)ccc1C(=O)N1CCNCC1CN. The van der Waals surface area contributed by atoms with Crippen LogP contribution in [-0.4, -0.2) is 48.1 Å². The van der Waals surface area contributed by atoms with Crippen molar-refractivity contribution < 1.29 is 9.90 Å². The number of nitrogens with one attached hydrogen (secondary N) is 1. The molecule has 0 radical (unpaired) electrons. The first-order valence-electron chi connectivity index (χ1n) is 6.15. The molecule has 1 fully saturated rings. The predicted octanol–water partition coefficient (Wildman–Crippen LogP) is 0.0733. The lowest BCUT2D eigenvalue weighted by Crippen LogP contribution is -2.56. The first kappa shape index (κ1) is 12.9. The third kappa shape index (κ3) is 2.47. The average molecular weight is 249 g/mol. The van der Waals surface area contributed by atoms with E-state index in [-0.39, 0.29) is 17.7 Å². The van der Waals surface area contributed by atoms with E-state index in [1.54, 1.807) is 18.2 Å². The van der Waals surface area contributed by atoms with Crippen molar-refractivity contribution in [3.05, 3.63) is 29.3 Å². The van der Waals surface area contributed by atoms with Crippen LogP contribution in [0.3, 0.4) is 0 Å². The van der Waals surface area contributed by atoms with Crippen LogP contribution < -0.4 is 11.1 Å². The second-order valence-electron chi connectivity index (χ2n) is 4.59. The van der Waals surface area contributed by atoms with Crippen LogP contribution in [0.25, 0.3) is 0 Å². The highest BCUT2D eigenvalue weighted by Gasteiger charge is 2.26. The van der Waals surface area contributed by atoms with E-state index in [1.165, 1.54) is 0 Å². The van der Waals surface area contributed by atoms with Gasteiger partial charge in [-0.25, -0.2) is 0 Å². The molecule has 5 nitrogen and oxygen atoms in total. The number of hydrogen-bond acceptors (Lipinski definition) is 4. The van der Waals surface area contributed by atoms with E-state index < -0.39 is 0 Å². The molecule has 0 aromatic heterocycles. The quantitative estimate of drug-likeness (QED) is 0.693. The van der Waals surface area contributed by atoms with Crippen LogP contribution in [0.15, 0.2) is 18.2 Å². The van der Waals surface area contributed by atoms with Crippen molar-refractivity contribution in [3.63, 3.8) is 0 Å². The third-order valence-electron chi connectivity index (χ3n) is 3.32. The molecule has 1 unspecified atom stereocenters. The number of carbonyl (C=O) groups excluding carboxylic acids is 1. The lowest BCUT2D eigenvalue weighted by Gasteiger charge is -2.35. The maximum Gasteiger partial charge on any atom is 0.254 e. The molecule has 0 bridgehead atoms. The number of aryl methyl sites for hydroxylation is 1. The smallest absolute Gasteiger partial charge is 0.254 e. The van der Waals surface area contributed by atoms with Gasteiger partial charge in [0, 0.05) is 31.7 Å². The highest BCUT2D eigenvalue weighted by molar-refractivity contribution is 5.96. The maximum atomic E-state index is 12.5. The number of benzene rings is 1. The van der Waals surface area contributed by atoms with Gasteiger partial charge in [0.05, 0.1) is 6.04 Å². The van der Waals surface area contributed by atoms with Crippen LogP contribution in [-0.2, 0) is 0 Å². The zero-order chi connectivity index (χ0) is 13.1. The summed E-state index contributed by atoms with van der Waals surface area (Å²) in [6.07, 6.45) is 0. The third-order valence-corrected chi connectivity index (χ3v) is 3.32. The zero-order valence-corrected chi connectivity index (χ0v) is 10.5. The Hall–Kier alpha value is -1.59. The zero-order valence-electron chi connectivity index (χ0n) is 10.5. The summed E-state index contributed by atoms with van der Waals surface area (Å²) in [4.78, 5) is 14.3.